The Kier molecular flexibility index (Phi) is 3.95. The average molecular weight is 261 g/mol. The summed E-state index contributed by atoms with van der Waals surface area (Å²) in [7, 11) is 1.76. The van der Waals surface area contributed by atoms with Gasteiger partial charge < -0.3 is 9.64 Å². The van der Waals surface area contributed by atoms with Crippen molar-refractivity contribution in [2.24, 2.45) is 0 Å². The highest BCUT2D eigenvalue weighted by atomic mass is 16.5. The number of ether oxygens (including phenoxy) is 1. The fraction of sp³-hybridized carbons (Fsp3) is 0.562. The second-order valence-corrected chi connectivity index (χ2v) is 5.85. The lowest BCUT2D eigenvalue weighted by Crippen LogP contribution is -2.31. The van der Waals surface area contributed by atoms with Crippen LogP contribution in [0.15, 0.2) is 18.2 Å². The van der Waals surface area contributed by atoms with Gasteiger partial charge in [0, 0.05) is 31.5 Å². The highest BCUT2D eigenvalue weighted by Gasteiger charge is 2.23. The van der Waals surface area contributed by atoms with E-state index in [0.29, 0.717) is 0 Å². The molecule has 3 heteroatoms. The quantitative estimate of drug-likeness (QED) is 0.763. The number of ketones is 1. The van der Waals surface area contributed by atoms with E-state index >= 15 is 0 Å². The molecule has 1 aromatic carbocycles. The SMILES string of the molecule is COC(C)(C)CCN1CCc2cc(C(C)=O)ccc21. The van der Waals surface area contributed by atoms with E-state index in [2.05, 4.69) is 24.8 Å². The van der Waals surface area contributed by atoms with Crippen molar-refractivity contribution >= 4 is 11.5 Å². The van der Waals surface area contributed by atoms with E-state index in [4.69, 9.17) is 4.74 Å². The standard InChI is InChI=1S/C16H23NO2/c1-12(18)13-5-6-15-14(11-13)7-9-17(15)10-8-16(2,3)19-4/h5-6,11H,7-10H2,1-4H3. The molecule has 0 radical (unpaired) electrons. The molecule has 0 fully saturated rings. The number of nitrogens with zero attached hydrogens (tertiary/aromatic N) is 1. The molecular weight excluding hydrogens is 238 g/mol. The summed E-state index contributed by atoms with van der Waals surface area (Å²) in [4.78, 5) is 13.8. The van der Waals surface area contributed by atoms with Gasteiger partial charge in [-0.05, 0) is 57.4 Å². The Bertz CT molecular complexity index is 480. The zero-order valence-electron chi connectivity index (χ0n) is 12.3. The van der Waals surface area contributed by atoms with Gasteiger partial charge in [0.1, 0.15) is 0 Å². The third kappa shape index (κ3) is 3.16. The summed E-state index contributed by atoms with van der Waals surface area (Å²) in [5.74, 6) is 0.141. The molecule has 0 aromatic heterocycles. The number of methoxy groups -OCH3 is 1. The predicted octanol–water partition coefficient (Wildman–Crippen LogP) is 3.07. The number of carbonyl (C=O) groups is 1. The molecule has 0 spiro atoms. The number of hydrogen-bond acceptors (Lipinski definition) is 3. The molecule has 0 saturated carbocycles. The van der Waals surface area contributed by atoms with Crippen molar-refractivity contribution in [3.05, 3.63) is 29.3 Å². The van der Waals surface area contributed by atoms with Gasteiger partial charge in [-0.25, -0.2) is 0 Å². The number of carbonyl (C=O) groups excluding carboxylic acids is 1. The molecule has 0 saturated heterocycles. The smallest absolute Gasteiger partial charge is 0.159 e. The van der Waals surface area contributed by atoms with Crippen LogP contribution in [0.3, 0.4) is 0 Å². The van der Waals surface area contributed by atoms with E-state index in [0.717, 1.165) is 31.5 Å². The fourth-order valence-corrected chi connectivity index (χ4v) is 2.43. The minimum absolute atomic E-state index is 0.0813. The first kappa shape index (κ1) is 14.1. The Morgan fingerprint density at radius 3 is 2.79 bits per heavy atom. The maximum Gasteiger partial charge on any atom is 0.159 e. The number of anilines is 1. The fourth-order valence-electron chi connectivity index (χ4n) is 2.43. The third-order valence-electron chi connectivity index (χ3n) is 4.01. The molecule has 0 bridgehead atoms. The van der Waals surface area contributed by atoms with E-state index in [-0.39, 0.29) is 11.4 Å². The summed E-state index contributed by atoms with van der Waals surface area (Å²) in [6.07, 6.45) is 2.03. The number of benzene rings is 1. The largest absolute Gasteiger partial charge is 0.379 e. The summed E-state index contributed by atoms with van der Waals surface area (Å²) in [5, 5.41) is 0. The van der Waals surface area contributed by atoms with Crippen molar-refractivity contribution in [3.8, 4) is 0 Å². The molecule has 0 atom stereocenters. The lowest BCUT2D eigenvalue weighted by molar-refractivity contribution is 0.0173. The van der Waals surface area contributed by atoms with Crippen LogP contribution >= 0.6 is 0 Å². The number of fused-ring (bicyclic) bond motifs is 1. The van der Waals surface area contributed by atoms with Crippen molar-refractivity contribution in [1.82, 2.24) is 0 Å². The average Bonchev–Trinajstić information content (AvgIpc) is 2.78. The van der Waals surface area contributed by atoms with E-state index in [1.165, 1.54) is 11.3 Å². The Labute approximate surface area is 115 Å². The molecule has 1 aliphatic heterocycles. The van der Waals surface area contributed by atoms with Gasteiger partial charge >= 0.3 is 0 Å². The monoisotopic (exact) mass is 261 g/mol. The first-order valence-electron chi connectivity index (χ1n) is 6.87. The van der Waals surface area contributed by atoms with Crippen LogP contribution < -0.4 is 4.90 Å². The topological polar surface area (TPSA) is 29.5 Å². The van der Waals surface area contributed by atoms with Crippen LogP contribution in [-0.4, -0.2) is 31.6 Å². The van der Waals surface area contributed by atoms with Gasteiger partial charge in [-0.15, -0.1) is 0 Å². The molecule has 19 heavy (non-hydrogen) atoms. The van der Waals surface area contributed by atoms with Crippen LogP contribution in [0.2, 0.25) is 0 Å². The predicted molar refractivity (Wildman–Crippen MR) is 78.1 cm³/mol. The lowest BCUT2D eigenvalue weighted by atomic mass is 10.0. The van der Waals surface area contributed by atoms with Crippen LogP contribution in [0.1, 0.15) is 43.1 Å². The number of rotatable bonds is 5. The minimum Gasteiger partial charge on any atom is -0.379 e. The maximum absolute atomic E-state index is 11.4. The van der Waals surface area contributed by atoms with Crippen LogP contribution in [0, 0.1) is 0 Å². The Morgan fingerprint density at radius 1 is 1.42 bits per heavy atom. The summed E-state index contributed by atoms with van der Waals surface area (Å²) in [6, 6.07) is 6.05. The zero-order chi connectivity index (χ0) is 14.0. The van der Waals surface area contributed by atoms with Gasteiger partial charge in [-0.2, -0.15) is 0 Å². The molecule has 2 rings (SSSR count). The third-order valence-corrected chi connectivity index (χ3v) is 4.01. The Morgan fingerprint density at radius 2 is 2.16 bits per heavy atom. The van der Waals surface area contributed by atoms with Crippen LogP contribution in [-0.2, 0) is 11.2 Å². The van der Waals surface area contributed by atoms with Gasteiger partial charge in [0.2, 0.25) is 0 Å². The van der Waals surface area contributed by atoms with Gasteiger partial charge in [0.25, 0.3) is 0 Å². The van der Waals surface area contributed by atoms with Crippen molar-refractivity contribution in [2.75, 3.05) is 25.1 Å². The number of hydrogen-bond donors (Lipinski definition) is 0. The summed E-state index contributed by atoms with van der Waals surface area (Å²) in [5.41, 5.74) is 3.31. The summed E-state index contributed by atoms with van der Waals surface area (Å²) >= 11 is 0. The normalized spacial score (nSPS) is 14.6. The highest BCUT2D eigenvalue weighted by Crippen LogP contribution is 2.30. The first-order chi connectivity index (χ1) is 8.93. The second kappa shape index (κ2) is 5.33. The van der Waals surface area contributed by atoms with Crippen LogP contribution in [0.25, 0.3) is 0 Å². The van der Waals surface area contributed by atoms with Crippen LogP contribution in [0.5, 0.6) is 0 Å². The second-order valence-electron chi connectivity index (χ2n) is 5.85. The van der Waals surface area contributed by atoms with Crippen molar-refractivity contribution < 1.29 is 9.53 Å². The molecule has 0 unspecified atom stereocenters. The van der Waals surface area contributed by atoms with Gasteiger partial charge in [0.15, 0.2) is 5.78 Å². The lowest BCUT2D eigenvalue weighted by Gasteiger charge is -2.27. The zero-order valence-corrected chi connectivity index (χ0v) is 12.3. The molecule has 1 heterocycles. The van der Waals surface area contributed by atoms with Crippen molar-refractivity contribution in [3.63, 3.8) is 0 Å². The maximum atomic E-state index is 11.4. The Hall–Kier alpha value is -1.35. The number of Topliss-reactive ketones (excluding diaryl/α,β-unsaturated/α-hetero) is 1. The van der Waals surface area contributed by atoms with E-state index in [1.54, 1.807) is 14.0 Å². The van der Waals surface area contributed by atoms with Gasteiger partial charge in [-0.3, -0.25) is 4.79 Å². The molecule has 1 aromatic rings. The molecule has 0 aliphatic carbocycles. The van der Waals surface area contributed by atoms with Crippen molar-refractivity contribution in [2.45, 2.75) is 39.2 Å². The molecule has 104 valence electrons. The molecular formula is C16H23NO2. The molecule has 0 amide bonds. The van der Waals surface area contributed by atoms with E-state index in [9.17, 15) is 4.79 Å². The van der Waals surface area contributed by atoms with Gasteiger partial charge in [-0.1, -0.05) is 0 Å². The molecule has 3 nitrogen and oxygen atoms in total. The van der Waals surface area contributed by atoms with Gasteiger partial charge in [0.05, 0.1) is 5.60 Å². The highest BCUT2D eigenvalue weighted by molar-refractivity contribution is 5.94. The Balaban J connectivity index is 2.08. The minimum atomic E-state index is -0.0813. The van der Waals surface area contributed by atoms with E-state index in [1.807, 2.05) is 12.1 Å². The molecule has 0 N–H and O–H groups in total. The van der Waals surface area contributed by atoms with Crippen molar-refractivity contribution in [1.29, 1.82) is 0 Å². The molecule has 1 aliphatic rings. The van der Waals surface area contributed by atoms with E-state index < -0.39 is 0 Å². The summed E-state index contributed by atoms with van der Waals surface area (Å²) in [6.45, 7) is 7.88. The summed E-state index contributed by atoms with van der Waals surface area (Å²) < 4.78 is 5.46. The van der Waals surface area contributed by atoms with Crippen LogP contribution in [0.4, 0.5) is 5.69 Å². The first-order valence-corrected chi connectivity index (χ1v) is 6.87.